The zero-order chi connectivity index (χ0) is 33.0. The molecule has 250 valence electrons. The summed E-state index contributed by atoms with van der Waals surface area (Å²) in [5.74, 6) is 0.322. The number of amides is 1. The first-order valence-corrected chi connectivity index (χ1v) is 20.8. The summed E-state index contributed by atoms with van der Waals surface area (Å²) in [5.41, 5.74) is 4.40. The summed E-state index contributed by atoms with van der Waals surface area (Å²) in [6.45, 7) is 13.2. The van der Waals surface area contributed by atoms with Gasteiger partial charge < -0.3 is 19.1 Å². The van der Waals surface area contributed by atoms with Gasteiger partial charge in [-0.15, -0.1) is 0 Å². The lowest BCUT2D eigenvalue weighted by Gasteiger charge is -2.33. The van der Waals surface area contributed by atoms with Gasteiger partial charge >= 0.3 is 12.0 Å². The normalized spacial score (nSPS) is 21.0. The number of imidazole rings is 1. The summed E-state index contributed by atoms with van der Waals surface area (Å²) in [5, 5.41) is 0.538. The van der Waals surface area contributed by atoms with Crippen molar-refractivity contribution in [2.45, 2.75) is 90.9 Å². The van der Waals surface area contributed by atoms with Crippen LogP contribution in [0, 0.1) is 17.8 Å². The number of pyridine rings is 1. The van der Waals surface area contributed by atoms with Crippen LogP contribution in [0.4, 0.5) is 0 Å². The number of halogens is 1. The highest BCUT2D eigenvalue weighted by Crippen LogP contribution is 2.37. The molecule has 2 aromatic rings. The average molecular weight is 669 g/mol. The SMILES string of the molecule is COC(=O)C1CC=C(C2C=CC(c3nc4c(cc3Cl)nc(OC3CCN(C(=O)C(C)C)CC3)n4COCC[Si](C)(C)C)=CC2)CC1. The molecule has 1 saturated heterocycles. The Bertz CT molecular complexity index is 1520. The van der Waals surface area contributed by atoms with Crippen molar-refractivity contribution in [2.75, 3.05) is 26.8 Å². The third-order valence-electron chi connectivity index (χ3n) is 9.21. The van der Waals surface area contributed by atoms with E-state index in [-0.39, 0.29) is 36.5 Å². The van der Waals surface area contributed by atoms with Crippen LogP contribution in [0.2, 0.25) is 30.7 Å². The highest BCUT2D eigenvalue weighted by atomic mass is 35.5. The van der Waals surface area contributed by atoms with Crippen LogP contribution in [0.25, 0.3) is 16.7 Å². The first-order valence-electron chi connectivity index (χ1n) is 16.7. The summed E-state index contributed by atoms with van der Waals surface area (Å²) >= 11 is 6.84. The van der Waals surface area contributed by atoms with Gasteiger partial charge in [0.2, 0.25) is 5.91 Å². The van der Waals surface area contributed by atoms with Crippen LogP contribution in [-0.2, 0) is 25.8 Å². The molecule has 2 aromatic heterocycles. The molecule has 11 heteroatoms. The molecule has 2 aliphatic carbocycles. The second-order valence-corrected chi connectivity index (χ2v) is 20.3. The molecule has 46 heavy (non-hydrogen) atoms. The van der Waals surface area contributed by atoms with Gasteiger partial charge in [-0.25, -0.2) is 4.98 Å². The summed E-state index contributed by atoms with van der Waals surface area (Å²) in [7, 11) is 0.197. The lowest BCUT2D eigenvalue weighted by molar-refractivity contribution is -0.145. The Hall–Kier alpha value is -2.95. The van der Waals surface area contributed by atoms with Crippen LogP contribution in [0.1, 0.15) is 58.1 Å². The lowest BCUT2D eigenvalue weighted by atomic mass is 9.80. The van der Waals surface area contributed by atoms with Crippen molar-refractivity contribution in [2.24, 2.45) is 17.8 Å². The number of fused-ring (bicyclic) bond motifs is 1. The molecular weight excluding hydrogens is 620 g/mol. The van der Waals surface area contributed by atoms with E-state index in [2.05, 4.69) is 43.9 Å². The number of carbonyl (C=O) groups excluding carboxylic acids is 2. The first kappa shape index (κ1) is 34.4. The molecule has 0 saturated carbocycles. The van der Waals surface area contributed by atoms with Crippen molar-refractivity contribution < 1.29 is 23.8 Å². The minimum absolute atomic E-state index is 0.00913. The number of ether oxygens (including phenoxy) is 3. The third-order valence-corrected chi connectivity index (χ3v) is 11.2. The van der Waals surface area contributed by atoms with E-state index in [1.54, 1.807) is 0 Å². The van der Waals surface area contributed by atoms with E-state index >= 15 is 0 Å². The molecule has 1 fully saturated rings. The fourth-order valence-corrected chi connectivity index (χ4v) is 7.31. The van der Waals surface area contributed by atoms with Gasteiger partial charge in [0, 0.05) is 52.4 Å². The van der Waals surface area contributed by atoms with Crippen molar-refractivity contribution in [1.82, 2.24) is 19.4 Å². The summed E-state index contributed by atoms with van der Waals surface area (Å²) in [6.07, 6.45) is 13.5. The number of piperidine rings is 1. The monoisotopic (exact) mass is 668 g/mol. The van der Waals surface area contributed by atoms with Gasteiger partial charge in [0.1, 0.15) is 18.4 Å². The van der Waals surface area contributed by atoms with Crippen molar-refractivity contribution in [3.05, 3.63) is 46.7 Å². The zero-order valence-corrected chi connectivity index (χ0v) is 29.9. The van der Waals surface area contributed by atoms with Gasteiger partial charge in [-0.3, -0.25) is 14.2 Å². The van der Waals surface area contributed by atoms with Crippen LogP contribution in [0.3, 0.4) is 0 Å². The molecule has 0 N–H and O–H groups in total. The van der Waals surface area contributed by atoms with Gasteiger partial charge in [-0.2, -0.15) is 4.98 Å². The third kappa shape index (κ3) is 8.30. The maximum absolute atomic E-state index is 12.5. The van der Waals surface area contributed by atoms with Crippen molar-refractivity contribution in [1.29, 1.82) is 0 Å². The number of likely N-dealkylation sites (tertiary alicyclic amines) is 1. The van der Waals surface area contributed by atoms with E-state index in [0.717, 1.165) is 50.1 Å². The Kier molecular flexibility index (Phi) is 11.1. The molecule has 0 aromatic carbocycles. The van der Waals surface area contributed by atoms with Crippen molar-refractivity contribution in [3.63, 3.8) is 0 Å². The van der Waals surface area contributed by atoms with Crippen LogP contribution in [0.5, 0.6) is 6.01 Å². The molecule has 3 aliphatic rings. The molecule has 2 atom stereocenters. The molecule has 1 amide bonds. The predicted molar refractivity (Wildman–Crippen MR) is 184 cm³/mol. The van der Waals surface area contributed by atoms with Gasteiger partial charge in [0.05, 0.1) is 23.7 Å². The molecule has 0 radical (unpaired) electrons. The van der Waals surface area contributed by atoms with E-state index in [9.17, 15) is 9.59 Å². The quantitative estimate of drug-likeness (QED) is 0.107. The summed E-state index contributed by atoms with van der Waals surface area (Å²) in [6, 6.07) is 3.40. The highest BCUT2D eigenvalue weighted by Gasteiger charge is 2.29. The molecule has 2 unspecified atom stereocenters. The molecule has 1 aliphatic heterocycles. The van der Waals surface area contributed by atoms with Crippen LogP contribution < -0.4 is 4.74 Å². The Balaban J connectivity index is 1.34. The number of esters is 1. The molecule has 5 rings (SSSR count). The minimum Gasteiger partial charge on any atom is -0.469 e. The predicted octanol–water partition coefficient (Wildman–Crippen LogP) is 7.28. The van der Waals surface area contributed by atoms with E-state index in [4.69, 9.17) is 35.8 Å². The zero-order valence-electron chi connectivity index (χ0n) is 28.2. The molecule has 0 bridgehead atoms. The van der Waals surface area contributed by atoms with Crippen molar-refractivity contribution in [3.8, 4) is 6.01 Å². The van der Waals surface area contributed by atoms with Crippen LogP contribution in [0.15, 0.2) is 35.9 Å². The number of hydrogen-bond donors (Lipinski definition) is 0. The number of methoxy groups -OCH3 is 1. The Labute approximate surface area is 279 Å². The maximum atomic E-state index is 12.5. The van der Waals surface area contributed by atoms with Gasteiger partial charge in [0.25, 0.3) is 0 Å². The Morgan fingerprint density at radius 3 is 2.46 bits per heavy atom. The molecule has 3 heterocycles. The fraction of sp³-hybridized carbons (Fsp3) is 0.600. The number of hydrogen-bond acceptors (Lipinski definition) is 7. The Morgan fingerprint density at radius 2 is 1.85 bits per heavy atom. The number of allylic oxidation sites excluding steroid dienone is 6. The molecule has 0 spiro atoms. The summed E-state index contributed by atoms with van der Waals surface area (Å²) in [4.78, 5) is 36.2. The van der Waals surface area contributed by atoms with E-state index in [0.29, 0.717) is 53.5 Å². The highest BCUT2D eigenvalue weighted by molar-refractivity contribution is 6.76. The van der Waals surface area contributed by atoms with Crippen molar-refractivity contribution >= 4 is 48.3 Å². The average Bonchev–Trinajstić information content (AvgIpc) is 3.37. The topological polar surface area (TPSA) is 95.8 Å². The molecule has 9 nitrogen and oxygen atoms in total. The van der Waals surface area contributed by atoms with Gasteiger partial charge in [-0.1, -0.05) is 75.0 Å². The summed E-state index contributed by atoms with van der Waals surface area (Å²) < 4.78 is 19.5. The fourth-order valence-electron chi connectivity index (χ4n) is 6.30. The maximum Gasteiger partial charge on any atom is 0.308 e. The van der Waals surface area contributed by atoms with Crippen LogP contribution in [-0.4, -0.2) is 72.3 Å². The first-order chi connectivity index (χ1) is 21.9. The number of aromatic nitrogens is 3. The van der Waals surface area contributed by atoms with E-state index in [1.165, 1.54) is 12.7 Å². The second kappa shape index (κ2) is 14.9. The largest absolute Gasteiger partial charge is 0.469 e. The second-order valence-electron chi connectivity index (χ2n) is 14.3. The van der Waals surface area contributed by atoms with Gasteiger partial charge in [0.15, 0.2) is 5.65 Å². The van der Waals surface area contributed by atoms with Gasteiger partial charge in [-0.05, 0) is 43.4 Å². The number of nitrogens with zero attached hydrogens (tertiary/aromatic N) is 4. The van der Waals surface area contributed by atoms with E-state index in [1.807, 2.05) is 29.4 Å². The standard InChI is InChI=1S/C35H49ClN4O5Si/c1-23(2)33(41)39-17-15-28(16-18-39)45-35-37-30-21-29(36)31(38-32(30)40(35)22-44-19-20-46(4,5)6)26-11-7-24(8-12-26)25-9-13-27(14-10-25)34(42)43-3/h7,9,11-12,21,23-24,27-28H,8,10,13-20,22H2,1-6H3. The minimum atomic E-state index is -1.26. The number of rotatable bonds is 11. The Morgan fingerprint density at radius 1 is 1.09 bits per heavy atom. The smallest absolute Gasteiger partial charge is 0.308 e. The number of carbonyl (C=O) groups is 2. The van der Waals surface area contributed by atoms with E-state index < -0.39 is 8.07 Å². The lowest BCUT2D eigenvalue weighted by Crippen LogP contribution is -2.43. The molecular formula is C35H49ClN4O5Si. The van der Waals surface area contributed by atoms with Crippen LogP contribution >= 0.6 is 11.6 Å².